The van der Waals surface area contributed by atoms with Crippen molar-refractivity contribution in [3.8, 4) is 5.75 Å². The number of hydrogen-bond acceptors (Lipinski definition) is 5. The number of nitrogens with zero attached hydrogens (tertiary/aromatic N) is 1. The van der Waals surface area contributed by atoms with Gasteiger partial charge in [-0.15, -0.1) is 0 Å². The van der Waals surface area contributed by atoms with Crippen LogP contribution < -0.4 is 4.74 Å². The molecule has 2 rings (SSSR count). The lowest BCUT2D eigenvalue weighted by Crippen LogP contribution is -2.29. The first-order valence-electron chi connectivity index (χ1n) is 9.21. The van der Waals surface area contributed by atoms with Crippen molar-refractivity contribution in [1.82, 2.24) is 4.90 Å². The highest BCUT2D eigenvalue weighted by molar-refractivity contribution is 8.26. The molecule has 1 aromatic carbocycles. The average Bonchev–Trinajstić information content (AvgIpc) is 2.89. The summed E-state index contributed by atoms with van der Waals surface area (Å²) in [5.74, 6) is -0.0731. The second-order valence-corrected chi connectivity index (χ2v) is 7.99. The fourth-order valence-electron chi connectivity index (χ4n) is 2.60. The molecule has 1 amide bonds. The van der Waals surface area contributed by atoms with Gasteiger partial charge in [0, 0.05) is 13.0 Å². The normalized spacial score (nSPS) is 15.6. The molecule has 0 unspecified atom stereocenters. The van der Waals surface area contributed by atoms with Gasteiger partial charge in [0.05, 0.1) is 11.5 Å². The summed E-state index contributed by atoms with van der Waals surface area (Å²) in [4.78, 5) is 25.4. The molecule has 7 heteroatoms. The van der Waals surface area contributed by atoms with E-state index in [1.54, 1.807) is 4.90 Å². The molecule has 0 atom stereocenters. The number of carboxylic acids is 1. The third kappa shape index (κ3) is 6.99. The second kappa shape index (κ2) is 11.1. The zero-order valence-corrected chi connectivity index (χ0v) is 17.1. The molecule has 1 aliphatic rings. The predicted octanol–water partition coefficient (Wildman–Crippen LogP) is 4.71. The van der Waals surface area contributed by atoms with Crippen molar-refractivity contribution in [2.24, 2.45) is 0 Å². The van der Waals surface area contributed by atoms with Crippen LogP contribution in [-0.4, -0.2) is 39.4 Å². The van der Waals surface area contributed by atoms with Crippen molar-refractivity contribution >= 4 is 46.3 Å². The Morgan fingerprint density at radius 3 is 2.85 bits per heavy atom. The van der Waals surface area contributed by atoms with E-state index in [1.165, 1.54) is 11.8 Å². The van der Waals surface area contributed by atoms with Gasteiger partial charge in [0.2, 0.25) is 0 Å². The number of carboxylic acid groups (broad SMARTS) is 1. The van der Waals surface area contributed by atoms with E-state index in [0.717, 1.165) is 37.0 Å². The number of thioether (sulfide) groups is 1. The third-order valence-corrected chi connectivity index (χ3v) is 5.45. The molecule has 146 valence electrons. The van der Waals surface area contributed by atoms with Crippen LogP contribution in [0.2, 0.25) is 0 Å². The summed E-state index contributed by atoms with van der Waals surface area (Å²) < 4.78 is 6.27. The topological polar surface area (TPSA) is 66.8 Å². The molecule has 0 aromatic heterocycles. The molecule has 0 radical (unpaired) electrons. The van der Waals surface area contributed by atoms with Gasteiger partial charge in [0.25, 0.3) is 5.91 Å². The second-order valence-electron chi connectivity index (χ2n) is 6.31. The monoisotopic (exact) mass is 407 g/mol. The largest absolute Gasteiger partial charge is 0.494 e. The molecule has 0 bridgehead atoms. The number of carbonyl (C=O) groups is 2. The number of thiocarbonyl (C=S) groups is 1. The molecule has 5 nitrogen and oxygen atoms in total. The van der Waals surface area contributed by atoms with Crippen LogP contribution in [0.3, 0.4) is 0 Å². The van der Waals surface area contributed by atoms with E-state index >= 15 is 0 Å². The number of amides is 1. The Balaban J connectivity index is 1.93. The molecule has 0 saturated carbocycles. The summed E-state index contributed by atoms with van der Waals surface area (Å²) in [5.41, 5.74) is 0.908. The van der Waals surface area contributed by atoms with Crippen LogP contribution >= 0.6 is 24.0 Å². The Bertz CT molecular complexity index is 718. The lowest BCUT2D eigenvalue weighted by atomic mass is 10.2. The van der Waals surface area contributed by atoms with E-state index < -0.39 is 5.97 Å². The third-order valence-electron chi connectivity index (χ3n) is 4.07. The Hall–Kier alpha value is -1.86. The fourth-order valence-corrected chi connectivity index (χ4v) is 3.90. The van der Waals surface area contributed by atoms with E-state index in [2.05, 4.69) is 6.92 Å². The number of rotatable bonds is 11. The van der Waals surface area contributed by atoms with E-state index in [0.29, 0.717) is 28.8 Å². The fraction of sp³-hybridized carbons (Fsp3) is 0.450. The minimum atomic E-state index is -0.788. The van der Waals surface area contributed by atoms with Gasteiger partial charge in [-0.05, 0) is 43.0 Å². The minimum Gasteiger partial charge on any atom is -0.494 e. The van der Waals surface area contributed by atoms with Crippen LogP contribution in [0.4, 0.5) is 0 Å². The van der Waals surface area contributed by atoms with E-state index in [1.807, 2.05) is 30.3 Å². The van der Waals surface area contributed by atoms with Gasteiger partial charge in [-0.2, -0.15) is 0 Å². The van der Waals surface area contributed by atoms with Gasteiger partial charge < -0.3 is 9.84 Å². The molecule has 1 saturated heterocycles. The van der Waals surface area contributed by atoms with Crippen molar-refractivity contribution in [1.29, 1.82) is 0 Å². The SMILES string of the molecule is CCCCOc1cccc(/C=C2/SC(=S)N(CCCCCC(=O)O)C2=O)c1. The number of unbranched alkanes of at least 4 members (excludes halogenated alkanes) is 3. The Morgan fingerprint density at radius 2 is 2.11 bits per heavy atom. The van der Waals surface area contributed by atoms with E-state index in [4.69, 9.17) is 22.1 Å². The smallest absolute Gasteiger partial charge is 0.303 e. The van der Waals surface area contributed by atoms with Crippen molar-refractivity contribution < 1.29 is 19.4 Å². The number of aliphatic carboxylic acids is 1. The lowest BCUT2D eigenvalue weighted by Gasteiger charge is -2.13. The van der Waals surface area contributed by atoms with Crippen molar-refractivity contribution in [3.63, 3.8) is 0 Å². The standard InChI is InChI=1S/C20H25NO4S2/c1-2-3-12-25-16-9-7-8-15(13-16)14-17-19(24)21(20(26)27-17)11-6-4-5-10-18(22)23/h7-9,13-14H,2-6,10-12H2,1H3,(H,22,23)/b17-14+. The first kappa shape index (κ1) is 21.4. The van der Waals surface area contributed by atoms with Crippen LogP contribution in [0, 0.1) is 0 Å². The maximum atomic E-state index is 12.6. The maximum absolute atomic E-state index is 12.6. The van der Waals surface area contributed by atoms with Gasteiger partial charge in [-0.3, -0.25) is 14.5 Å². The molecular formula is C20H25NO4S2. The predicted molar refractivity (Wildman–Crippen MR) is 113 cm³/mol. The molecule has 1 fully saturated rings. The molecule has 1 N–H and O–H groups in total. The quantitative estimate of drug-likeness (QED) is 0.325. The summed E-state index contributed by atoms with van der Waals surface area (Å²) in [5, 5.41) is 8.66. The minimum absolute atomic E-state index is 0.0828. The van der Waals surface area contributed by atoms with Gasteiger partial charge in [-0.1, -0.05) is 55.9 Å². The number of carbonyl (C=O) groups excluding carboxylic acids is 1. The van der Waals surface area contributed by atoms with E-state index in [9.17, 15) is 9.59 Å². The number of hydrogen-bond donors (Lipinski definition) is 1. The number of ether oxygens (including phenoxy) is 1. The summed E-state index contributed by atoms with van der Waals surface area (Å²) in [6.45, 7) is 3.33. The lowest BCUT2D eigenvalue weighted by molar-refractivity contribution is -0.137. The maximum Gasteiger partial charge on any atom is 0.303 e. The Kier molecular flexibility index (Phi) is 8.81. The van der Waals surface area contributed by atoms with Crippen molar-refractivity contribution in [2.75, 3.05) is 13.2 Å². The Labute approximate surface area is 169 Å². The van der Waals surface area contributed by atoms with Crippen LogP contribution in [0.15, 0.2) is 29.2 Å². The highest BCUT2D eigenvalue weighted by Crippen LogP contribution is 2.33. The van der Waals surface area contributed by atoms with Gasteiger partial charge >= 0.3 is 5.97 Å². The summed E-state index contributed by atoms with van der Waals surface area (Å²) in [7, 11) is 0. The molecule has 0 spiro atoms. The first-order chi connectivity index (χ1) is 13.0. The zero-order valence-electron chi connectivity index (χ0n) is 15.5. The summed E-state index contributed by atoms with van der Waals surface area (Å²) in [6.07, 6.45) is 6.22. The van der Waals surface area contributed by atoms with Crippen LogP contribution in [-0.2, 0) is 9.59 Å². The van der Waals surface area contributed by atoms with Crippen molar-refractivity contribution in [2.45, 2.75) is 45.4 Å². The highest BCUT2D eigenvalue weighted by atomic mass is 32.2. The summed E-state index contributed by atoms with van der Waals surface area (Å²) in [6, 6.07) is 7.69. The van der Waals surface area contributed by atoms with Crippen molar-refractivity contribution in [3.05, 3.63) is 34.7 Å². The molecule has 1 heterocycles. The molecule has 1 aromatic rings. The van der Waals surface area contributed by atoms with E-state index in [-0.39, 0.29) is 12.3 Å². The van der Waals surface area contributed by atoms with Crippen LogP contribution in [0.5, 0.6) is 5.75 Å². The molecular weight excluding hydrogens is 382 g/mol. The molecule has 1 aliphatic heterocycles. The molecule has 0 aliphatic carbocycles. The highest BCUT2D eigenvalue weighted by Gasteiger charge is 2.31. The first-order valence-corrected chi connectivity index (χ1v) is 10.4. The van der Waals surface area contributed by atoms with Gasteiger partial charge in [0.1, 0.15) is 10.1 Å². The van der Waals surface area contributed by atoms with Gasteiger partial charge in [0.15, 0.2) is 0 Å². The Morgan fingerprint density at radius 1 is 1.30 bits per heavy atom. The molecule has 27 heavy (non-hydrogen) atoms. The summed E-state index contributed by atoms with van der Waals surface area (Å²) >= 11 is 6.64. The zero-order chi connectivity index (χ0) is 19.6. The number of benzene rings is 1. The van der Waals surface area contributed by atoms with Gasteiger partial charge in [-0.25, -0.2) is 0 Å². The van der Waals surface area contributed by atoms with Crippen LogP contribution in [0.25, 0.3) is 6.08 Å². The van der Waals surface area contributed by atoms with Crippen LogP contribution in [0.1, 0.15) is 51.0 Å². The average molecular weight is 408 g/mol.